The smallest absolute Gasteiger partial charge is 0.328 e. The van der Waals surface area contributed by atoms with Crippen molar-refractivity contribution in [1.82, 2.24) is 4.98 Å². The Morgan fingerprint density at radius 1 is 1.09 bits per heavy atom. The predicted octanol–water partition coefficient (Wildman–Crippen LogP) is 5.60. The molecule has 5 N–H and O–H groups in total. The van der Waals surface area contributed by atoms with E-state index in [-0.39, 0.29) is 6.03 Å². The summed E-state index contributed by atoms with van der Waals surface area (Å²) in [5.41, 5.74) is 11.5. The fourth-order valence-corrected chi connectivity index (χ4v) is 4.40. The summed E-state index contributed by atoms with van der Waals surface area (Å²) in [6.45, 7) is 1.96. The van der Waals surface area contributed by atoms with Crippen LogP contribution in [0.5, 0.6) is 0 Å². The molecule has 8 heteroatoms. The van der Waals surface area contributed by atoms with E-state index in [1.165, 1.54) is 23.6 Å². The third-order valence-electron chi connectivity index (χ3n) is 4.77. The maximum absolute atomic E-state index is 12.3. The van der Waals surface area contributed by atoms with Crippen LogP contribution in [-0.4, -0.2) is 22.1 Å². The monoisotopic (exact) mass is 444 g/mol. The predicted molar refractivity (Wildman–Crippen MR) is 130 cm³/mol. The number of carbonyl (C=O) groups excluding carboxylic acids is 1. The number of aryl methyl sites for hydroxylation is 1. The highest BCUT2D eigenvalue weighted by Crippen LogP contribution is 2.39. The molecule has 4 rings (SSSR count). The van der Waals surface area contributed by atoms with Gasteiger partial charge in [0, 0.05) is 28.4 Å². The number of nitrogen functional groups attached to an aromatic ring is 1. The quantitative estimate of drug-likeness (QED) is 0.299. The number of anilines is 3. The third-order valence-corrected chi connectivity index (χ3v) is 5.77. The Labute approximate surface area is 188 Å². The summed E-state index contributed by atoms with van der Waals surface area (Å²) in [5.74, 6) is -1.04. The maximum atomic E-state index is 12.3. The molecule has 0 aliphatic heterocycles. The molecule has 0 fully saturated rings. The maximum Gasteiger partial charge on any atom is 0.328 e. The minimum atomic E-state index is -1.04. The molecule has 4 aromatic rings. The van der Waals surface area contributed by atoms with Crippen LogP contribution in [0.2, 0.25) is 0 Å². The number of carbonyl (C=O) groups is 2. The Morgan fingerprint density at radius 3 is 2.56 bits per heavy atom. The van der Waals surface area contributed by atoms with E-state index in [1.54, 1.807) is 0 Å². The first-order chi connectivity index (χ1) is 15.4. The number of pyridine rings is 1. The summed E-state index contributed by atoms with van der Waals surface area (Å²) in [4.78, 5) is 27.4. The molecular weight excluding hydrogens is 424 g/mol. The lowest BCUT2D eigenvalue weighted by Crippen LogP contribution is -2.19. The Hall–Kier alpha value is -4.17. The van der Waals surface area contributed by atoms with Crippen LogP contribution in [-0.2, 0) is 4.79 Å². The number of hydrogen-bond donors (Lipinski definition) is 4. The lowest BCUT2D eigenvalue weighted by Gasteiger charge is -2.09. The topological polar surface area (TPSA) is 117 Å². The first kappa shape index (κ1) is 21.1. The molecule has 0 saturated heterocycles. The molecule has 32 heavy (non-hydrogen) atoms. The van der Waals surface area contributed by atoms with Gasteiger partial charge in [0.15, 0.2) is 0 Å². The van der Waals surface area contributed by atoms with E-state index in [2.05, 4.69) is 15.6 Å². The van der Waals surface area contributed by atoms with Crippen LogP contribution >= 0.6 is 11.3 Å². The van der Waals surface area contributed by atoms with Gasteiger partial charge in [0.05, 0.1) is 22.3 Å². The second-order valence-corrected chi connectivity index (χ2v) is 8.03. The molecule has 0 aliphatic carbocycles. The van der Waals surface area contributed by atoms with Crippen LogP contribution in [0, 0.1) is 6.92 Å². The minimum Gasteiger partial charge on any atom is -0.478 e. The molecule has 0 radical (unpaired) electrons. The normalized spacial score (nSPS) is 11.0. The number of aliphatic carboxylic acids is 1. The molecule has 0 aliphatic rings. The molecule has 0 unspecified atom stereocenters. The first-order valence-electron chi connectivity index (χ1n) is 9.72. The van der Waals surface area contributed by atoms with Crippen molar-refractivity contribution in [2.75, 3.05) is 16.4 Å². The number of fused-ring (bicyclic) bond motifs is 1. The van der Waals surface area contributed by atoms with Crippen molar-refractivity contribution in [3.63, 3.8) is 0 Å². The van der Waals surface area contributed by atoms with Crippen molar-refractivity contribution in [3.05, 3.63) is 77.4 Å². The highest BCUT2D eigenvalue weighted by atomic mass is 32.1. The molecular formula is C24H20N4O3S. The van der Waals surface area contributed by atoms with Crippen LogP contribution in [0.4, 0.5) is 21.9 Å². The second kappa shape index (κ2) is 8.91. The molecule has 0 saturated carbocycles. The van der Waals surface area contributed by atoms with E-state index in [9.17, 15) is 9.59 Å². The SMILES string of the molecule is Cc1cccc(NC(=O)Nc2ccc(-c3csc4c(C=CC(=O)O)ncc(N)c34)cc2)c1. The Kier molecular flexibility index (Phi) is 5.87. The average molecular weight is 445 g/mol. The standard InChI is InChI=1S/C24H20N4O3S/c1-14-3-2-4-17(11-14)28-24(31)27-16-7-5-15(6-8-16)18-13-32-23-20(9-10-21(29)30)26-12-19(25)22(18)23/h2-13H,25H2,1H3,(H,29,30)(H2,27,28,31). The van der Waals surface area contributed by atoms with Gasteiger partial charge in [0.25, 0.3) is 0 Å². The number of aromatic nitrogens is 1. The van der Waals surface area contributed by atoms with Crippen LogP contribution in [0.15, 0.2) is 66.2 Å². The Morgan fingerprint density at radius 2 is 1.84 bits per heavy atom. The average Bonchev–Trinajstić information content (AvgIpc) is 3.20. The van der Waals surface area contributed by atoms with Gasteiger partial charge >= 0.3 is 12.0 Å². The van der Waals surface area contributed by atoms with Gasteiger partial charge in [0.2, 0.25) is 0 Å². The van der Waals surface area contributed by atoms with Crippen LogP contribution in [0.25, 0.3) is 27.3 Å². The van der Waals surface area contributed by atoms with Gasteiger partial charge in [-0.05, 0) is 53.8 Å². The van der Waals surface area contributed by atoms with Crippen molar-refractivity contribution in [2.45, 2.75) is 6.92 Å². The van der Waals surface area contributed by atoms with Crippen LogP contribution in [0.3, 0.4) is 0 Å². The number of carboxylic acids is 1. The summed E-state index contributed by atoms with van der Waals surface area (Å²) in [7, 11) is 0. The van der Waals surface area contributed by atoms with Gasteiger partial charge < -0.3 is 21.5 Å². The number of nitrogens with one attached hydrogen (secondary N) is 2. The largest absolute Gasteiger partial charge is 0.478 e. The lowest BCUT2D eigenvalue weighted by atomic mass is 10.0. The molecule has 0 atom stereocenters. The van der Waals surface area contributed by atoms with Crippen molar-refractivity contribution < 1.29 is 14.7 Å². The van der Waals surface area contributed by atoms with Gasteiger partial charge in [-0.1, -0.05) is 24.3 Å². The molecule has 2 aromatic carbocycles. The highest BCUT2D eigenvalue weighted by Gasteiger charge is 2.13. The molecule has 160 valence electrons. The molecule has 0 spiro atoms. The number of carboxylic acid groups (broad SMARTS) is 1. The number of nitrogens with zero attached hydrogens (tertiary/aromatic N) is 1. The van der Waals surface area contributed by atoms with E-state index in [1.807, 2.05) is 60.8 Å². The lowest BCUT2D eigenvalue weighted by molar-refractivity contribution is -0.131. The molecule has 7 nitrogen and oxygen atoms in total. The van der Waals surface area contributed by atoms with Crippen molar-refractivity contribution in [3.8, 4) is 11.1 Å². The number of thiophene rings is 1. The van der Waals surface area contributed by atoms with E-state index in [0.29, 0.717) is 17.1 Å². The van der Waals surface area contributed by atoms with Crippen LogP contribution in [0.1, 0.15) is 11.3 Å². The van der Waals surface area contributed by atoms with E-state index in [4.69, 9.17) is 10.8 Å². The van der Waals surface area contributed by atoms with Gasteiger partial charge in [0.1, 0.15) is 0 Å². The van der Waals surface area contributed by atoms with Crippen LogP contribution < -0.4 is 16.4 Å². The summed E-state index contributed by atoms with van der Waals surface area (Å²) in [5, 5.41) is 17.3. The first-order valence-corrected chi connectivity index (χ1v) is 10.6. The van der Waals surface area contributed by atoms with Crippen molar-refractivity contribution >= 4 is 56.6 Å². The Bertz CT molecular complexity index is 1340. The highest BCUT2D eigenvalue weighted by molar-refractivity contribution is 7.18. The summed E-state index contributed by atoms with van der Waals surface area (Å²) < 4.78 is 0.817. The summed E-state index contributed by atoms with van der Waals surface area (Å²) >= 11 is 1.45. The fourth-order valence-electron chi connectivity index (χ4n) is 3.33. The molecule has 0 bridgehead atoms. The van der Waals surface area contributed by atoms with Gasteiger partial charge in [-0.2, -0.15) is 0 Å². The van der Waals surface area contributed by atoms with Gasteiger partial charge in [-0.25, -0.2) is 9.59 Å². The zero-order valence-corrected chi connectivity index (χ0v) is 17.9. The van der Waals surface area contributed by atoms with Crippen molar-refractivity contribution in [1.29, 1.82) is 0 Å². The fraction of sp³-hybridized carbons (Fsp3) is 0.0417. The van der Waals surface area contributed by atoms with E-state index < -0.39 is 5.97 Å². The number of amides is 2. The van der Waals surface area contributed by atoms with Gasteiger partial charge in [-0.3, -0.25) is 4.98 Å². The molecule has 2 aromatic heterocycles. The Balaban J connectivity index is 1.56. The number of benzene rings is 2. The number of nitrogens with two attached hydrogens (primary N) is 1. The zero-order chi connectivity index (χ0) is 22.7. The summed E-state index contributed by atoms with van der Waals surface area (Å²) in [6.07, 6.45) is 4.05. The number of rotatable bonds is 5. The van der Waals surface area contributed by atoms with E-state index >= 15 is 0 Å². The van der Waals surface area contributed by atoms with Gasteiger partial charge in [-0.15, -0.1) is 11.3 Å². The zero-order valence-electron chi connectivity index (χ0n) is 17.1. The molecule has 2 heterocycles. The molecule has 2 amide bonds. The third kappa shape index (κ3) is 4.60. The summed E-state index contributed by atoms with van der Waals surface area (Å²) in [6, 6.07) is 14.7. The van der Waals surface area contributed by atoms with E-state index in [0.717, 1.165) is 38.5 Å². The second-order valence-electron chi connectivity index (χ2n) is 7.15. The number of hydrogen-bond acceptors (Lipinski definition) is 5. The number of urea groups is 1. The van der Waals surface area contributed by atoms with Crippen molar-refractivity contribution in [2.24, 2.45) is 0 Å². The minimum absolute atomic E-state index is 0.325.